The van der Waals surface area contributed by atoms with E-state index in [1.165, 1.54) is 0 Å². The van der Waals surface area contributed by atoms with Crippen molar-refractivity contribution in [2.24, 2.45) is 0 Å². The van der Waals surface area contributed by atoms with Crippen LogP contribution in [0.4, 0.5) is 13.2 Å². The smallest absolute Gasteiger partial charge is 0.295 e. The molecule has 0 atom stereocenters. The average molecular weight is 152 g/mol. The van der Waals surface area contributed by atoms with Crippen LogP contribution in [0.25, 0.3) is 0 Å². The van der Waals surface area contributed by atoms with Gasteiger partial charge in [-0.2, -0.15) is 13.2 Å². The highest BCUT2D eigenvalue weighted by Gasteiger charge is 2.29. The summed E-state index contributed by atoms with van der Waals surface area (Å²) >= 11 is 0. The van der Waals surface area contributed by atoms with Crippen LogP contribution in [-0.2, 0) is 4.79 Å². The van der Waals surface area contributed by atoms with Gasteiger partial charge in [0.2, 0.25) is 0 Å². The van der Waals surface area contributed by atoms with Gasteiger partial charge < -0.3 is 0 Å². The van der Waals surface area contributed by atoms with Crippen LogP contribution in [0.2, 0.25) is 0 Å². The van der Waals surface area contributed by atoms with Crippen LogP contribution < -0.4 is 0 Å². The first kappa shape index (κ1) is 9.20. The normalized spacial score (nSPS) is 13.5. The minimum absolute atomic E-state index is 0.569. The fraction of sp³-hybridized carbons (Fsp3) is 0.500. The lowest BCUT2D eigenvalue weighted by molar-refractivity contribution is -0.114. The third-order valence-electron chi connectivity index (χ3n) is 0.867. The van der Waals surface area contributed by atoms with Crippen LogP contribution in [-0.4, -0.2) is 12.0 Å². The van der Waals surface area contributed by atoms with Crippen LogP contribution in [0, 0.1) is 0 Å². The van der Waals surface area contributed by atoms with E-state index in [-0.39, 0.29) is 0 Å². The number of hydrogen-bond acceptors (Lipinski definition) is 1. The second-order valence-electron chi connectivity index (χ2n) is 1.94. The van der Waals surface area contributed by atoms with E-state index in [1.807, 2.05) is 0 Å². The standard InChI is InChI=1S/C6H7F3O/c1-4(3-5(2)10)6(7,8)9/h3H,1-2H3. The molecule has 0 aromatic heterocycles. The number of rotatable bonds is 1. The lowest BCUT2D eigenvalue weighted by atomic mass is 10.2. The monoisotopic (exact) mass is 152 g/mol. The Morgan fingerprint density at radius 2 is 1.70 bits per heavy atom. The molecule has 0 aliphatic carbocycles. The Morgan fingerprint density at radius 3 is 1.80 bits per heavy atom. The molecule has 0 saturated heterocycles. The average Bonchev–Trinajstić information content (AvgIpc) is 1.60. The van der Waals surface area contributed by atoms with Gasteiger partial charge in [-0.05, 0) is 19.9 Å². The molecule has 0 aliphatic rings. The largest absolute Gasteiger partial charge is 0.412 e. The Morgan fingerprint density at radius 1 is 1.30 bits per heavy atom. The fourth-order valence-corrected chi connectivity index (χ4v) is 0.387. The first-order valence-electron chi connectivity index (χ1n) is 2.60. The first-order valence-corrected chi connectivity index (χ1v) is 2.60. The third kappa shape index (κ3) is 3.27. The first-order chi connectivity index (χ1) is 4.34. The summed E-state index contributed by atoms with van der Waals surface area (Å²) in [6.45, 7) is 1.94. The van der Waals surface area contributed by atoms with Crippen molar-refractivity contribution in [3.05, 3.63) is 11.6 Å². The van der Waals surface area contributed by atoms with E-state index in [1.54, 1.807) is 0 Å². The van der Waals surface area contributed by atoms with Crippen molar-refractivity contribution in [3.63, 3.8) is 0 Å². The Hall–Kier alpha value is -0.800. The van der Waals surface area contributed by atoms with Crippen LogP contribution in [0.3, 0.4) is 0 Å². The van der Waals surface area contributed by atoms with E-state index in [4.69, 9.17) is 0 Å². The molecule has 0 radical (unpaired) electrons. The quantitative estimate of drug-likeness (QED) is 0.526. The number of hydrogen-bond donors (Lipinski definition) is 0. The predicted octanol–water partition coefficient (Wildman–Crippen LogP) is 2.08. The summed E-state index contributed by atoms with van der Waals surface area (Å²) < 4.78 is 34.8. The zero-order valence-corrected chi connectivity index (χ0v) is 5.62. The molecule has 0 fully saturated rings. The maximum atomic E-state index is 11.6. The van der Waals surface area contributed by atoms with Gasteiger partial charge in [0, 0.05) is 5.57 Å². The number of ketones is 1. The second kappa shape index (κ2) is 2.86. The number of carbonyl (C=O) groups is 1. The summed E-state index contributed by atoms with van der Waals surface area (Å²) in [5, 5.41) is 0. The Kier molecular flexibility index (Phi) is 2.63. The predicted molar refractivity (Wildman–Crippen MR) is 30.5 cm³/mol. The van der Waals surface area contributed by atoms with Crippen LogP contribution in [0.5, 0.6) is 0 Å². The molecular weight excluding hydrogens is 145 g/mol. The number of halogens is 3. The van der Waals surface area contributed by atoms with Crippen molar-refractivity contribution in [2.45, 2.75) is 20.0 Å². The maximum Gasteiger partial charge on any atom is 0.412 e. The Bertz CT molecular complexity index is 166. The van der Waals surface area contributed by atoms with Crippen LogP contribution in [0.1, 0.15) is 13.8 Å². The van der Waals surface area contributed by atoms with Gasteiger partial charge in [-0.3, -0.25) is 4.79 Å². The minimum Gasteiger partial charge on any atom is -0.295 e. The molecule has 0 saturated carbocycles. The van der Waals surface area contributed by atoms with E-state index >= 15 is 0 Å². The number of carbonyl (C=O) groups excluding carboxylic acids is 1. The molecule has 0 bridgehead atoms. The summed E-state index contributed by atoms with van der Waals surface area (Å²) in [5.41, 5.74) is -0.861. The van der Waals surface area contributed by atoms with Crippen molar-refractivity contribution in [1.82, 2.24) is 0 Å². The minimum atomic E-state index is -4.37. The van der Waals surface area contributed by atoms with Gasteiger partial charge >= 0.3 is 6.18 Å². The van der Waals surface area contributed by atoms with Gasteiger partial charge in [0.05, 0.1) is 0 Å². The summed E-state index contributed by atoms with van der Waals surface area (Å²) in [5.74, 6) is -0.588. The summed E-state index contributed by atoms with van der Waals surface area (Å²) in [7, 11) is 0. The summed E-state index contributed by atoms with van der Waals surface area (Å²) in [4.78, 5) is 10.1. The molecule has 0 heterocycles. The van der Waals surface area contributed by atoms with Crippen molar-refractivity contribution in [2.75, 3.05) is 0 Å². The Labute approximate surface area is 56.5 Å². The fourth-order valence-electron chi connectivity index (χ4n) is 0.387. The lowest BCUT2D eigenvalue weighted by Crippen LogP contribution is -2.09. The molecule has 0 aromatic rings. The molecule has 1 nitrogen and oxygen atoms in total. The van der Waals surface area contributed by atoms with E-state index in [2.05, 4.69) is 0 Å². The molecule has 4 heteroatoms. The van der Waals surface area contributed by atoms with Gasteiger partial charge in [-0.25, -0.2) is 0 Å². The third-order valence-corrected chi connectivity index (χ3v) is 0.867. The number of allylic oxidation sites excluding steroid dienone is 2. The zero-order valence-electron chi connectivity index (χ0n) is 5.62. The summed E-state index contributed by atoms with van der Waals surface area (Å²) in [6, 6.07) is 0. The van der Waals surface area contributed by atoms with E-state index in [0.717, 1.165) is 13.8 Å². The van der Waals surface area contributed by atoms with E-state index in [0.29, 0.717) is 6.08 Å². The highest BCUT2D eigenvalue weighted by molar-refractivity contribution is 5.88. The van der Waals surface area contributed by atoms with Gasteiger partial charge in [-0.15, -0.1) is 0 Å². The van der Waals surface area contributed by atoms with Crippen LogP contribution >= 0.6 is 0 Å². The maximum absolute atomic E-state index is 11.6. The van der Waals surface area contributed by atoms with Crippen molar-refractivity contribution in [3.8, 4) is 0 Å². The van der Waals surface area contributed by atoms with Gasteiger partial charge in [0.1, 0.15) is 0 Å². The van der Waals surface area contributed by atoms with Gasteiger partial charge in [0.25, 0.3) is 0 Å². The number of alkyl halides is 3. The summed E-state index contributed by atoms with van der Waals surface area (Å²) in [6.07, 6.45) is -3.80. The second-order valence-corrected chi connectivity index (χ2v) is 1.94. The van der Waals surface area contributed by atoms with Crippen molar-refractivity contribution in [1.29, 1.82) is 0 Å². The molecule has 10 heavy (non-hydrogen) atoms. The van der Waals surface area contributed by atoms with E-state index < -0.39 is 17.5 Å². The molecule has 0 amide bonds. The zero-order chi connectivity index (χ0) is 8.36. The molecule has 0 aromatic carbocycles. The SMILES string of the molecule is CC(=O)C=C(C)C(F)(F)F. The highest BCUT2D eigenvalue weighted by atomic mass is 19.4. The molecule has 0 spiro atoms. The van der Waals surface area contributed by atoms with Crippen LogP contribution in [0.15, 0.2) is 11.6 Å². The molecule has 58 valence electrons. The van der Waals surface area contributed by atoms with Gasteiger partial charge in [-0.1, -0.05) is 0 Å². The Balaban J connectivity index is 4.35. The lowest BCUT2D eigenvalue weighted by Gasteiger charge is -2.03. The molecule has 0 rings (SSSR count). The van der Waals surface area contributed by atoms with Crippen molar-refractivity contribution >= 4 is 5.78 Å². The van der Waals surface area contributed by atoms with Crippen molar-refractivity contribution < 1.29 is 18.0 Å². The molecular formula is C6H7F3O. The van der Waals surface area contributed by atoms with Gasteiger partial charge in [0.15, 0.2) is 5.78 Å². The molecule has 0 unspecified atom stereocenters. The molecule has 0 aliphatic heterocycles. The molecule has 0 N–H and O–H groups in total. The van der Waals surface area contributed by atoms with E-state index in [9.17, 15) is 18.0 Å². The highest BCUT2D eigenvalue weighted by Crippen LogP contribution is 2.24. The topological polar surface area (TPSA) is 17.1 Å².